The maximum absolute atomic E-state index is 5.98. The molecule has 18 heavy (non-hydrogen) atoms. The van der Waals surface area contributed by atoms with E-state index in [0.29, 0.717) is 12.1 Å². The number of nitrogens with one attached hydrogen (secondary N) is 1. The molecule has 1 N–H and O–H groups in total. The lowest BCUT2D eigenvalue weighted by molar-refractivity contribution is -0.0131. The normalized spacial score (nSPS) is 32.8. The van der Waals surface area contributed by atoms with Crippen LogP contribution in [0.4, 0.5) is 0 Å². The SMILES string of the molecule is Cn1cc([C@H]2OCCC[C@@H]2N[C@@H]2CCSC2)cn1. The largest absolute Gasteiger partial charge is 0.372 e. The number of thioether (sulfide) groups is 1. The maximum Gasteiger partial charge on any atom is 0.101 e. The van der Waals surface area contributed by atoms with E-state index in [2.05, 4.69) is 28.4 Å². The monoisotopic (exact) mass is 267 g/mol. The first kappa shape index (κ1) is 12.5. The molecule has 4 nitrogen and oxygen atoms in total. The van der Waals surface area contributed by atoms with Gasteiger partial charge in [0.25, 0.3) is 0 Å². The molecule has 0 spiro atoms. The molecule has 2 aliphatic rings. The van der Waals surface area contributed by atoms with E-state index in [9.17, 15) is 0 Å². The minimum absolute atomic E-state index is 0.179. The van der Waals surface area contributed by atoms with Crippen LogP contribution in [0.1, 0.15) is 30.9 Å². The van der Waals surface area contributed by atoms with E-state index in [-0.39, 0.29) is 6.10 Å². The molecular weight excluding hydrogens is 246 g/mol. The van der Waals surface area contributed by atoms with Crippen molar-refractivity contribution in [3.8, 4) is 0 Å². The highest BCUT2D eigenvalue weighted by Crippen LogP contribution is 2.29. The van der Waals surface area contributed by atoms with Crippen molar-refractivity contribution in [1.82, 2.24) is 15.1 Å². The average molecular weight is 267 g/mol. The molecule has 3 rings (SSSR count). The van der Waals surface area contributed by atoms with Gasteiger partial charge in [0.15, 0.2) is 0 Å². The zero-order valence-corrected chi connectivity index (χ0v) is 11.7. The highest BCUT2D eigenvalue weighted by Gasteiger charge is 2.30. The number of aromatic nitrogens is 2. The summed E-state index contributed by atoms with van der Waals surface area (Å²) in [6, 6.07) is 1.12. The Hall–Kier alpha value is -0.520. The fourth-order valence-corrected chi connectivity index (χ4v) is 4.00. The number of hydrogen-bond acceptors (Lipinski definition) is 4. The van der Waals surface area contributed by atoms with Crippen LogP contribution in [0, 0.1) is 0 Å². The molecule has 0 aliphatic carbocycles. The highest BCUT2D eigenvalue weighted by molar-refractivity contribution is 7.99. The number of rotatable bonds is 3. The summed E-state index contributed by atoms with van der Waals surface area (Å²) in [5.41, 5.74) is 1.21. The van der Waals surface area contributed by atoms with Gasteiger partial charge in [-0.3, -0.25) is 4.68 Å². The maximum atomic E-state index is 5.98. The van der Waals surface area contributed by atoms with Crippen molar-refractivity contribution in [2.24, 2.45) is 7.05 Å². The first-order chi connectivity index (χ1) is 8.83. The van der Waals surface area contributed by atoms with E-state index >= 15 is 0 Å². The molecule has 5 heteroatoms. The Bertz CT molecular complexity index is 389. The molecule has 1 aromatic heterocycles. The van der Waals surface area contributed by atoms with Crippen molar-refractivity contribution < 1.29 is 4.74 Å². The fourth-order valence-electron chi connectivity index (χ4n) is 2.84. The van der Waals surface area contributed by atoms with Gasteiger partial charge in [0.05, 0.1) is 6.20 Å². The van der Waals surface area contributed by atoms with Gasteiger partial charge in [0.2, 0.25) is 0 Å². The third kappa shape index (κ3) is 2.73. The van der Waals surface area contributed by atoms with E-state index in [1.807, 2.05) is 17.9 Å². The van der Waals surface area contributed by atoms with Crippen LogP contribution < -0.4 is 5.32 Å². The van der Waals surface area contributed by atoms with Crippen molar-refractivity contribution in [3.05, 3.63) is 18.0 Å². The first-order valence-corrected chi connectivity index (χ1v) is 7.92. The number of hydrogen-bond donors (Lipinski definition) is 1. The summed E-state index contributed by atoms with van der Waals surface area (Å²) in [7, 11) is 1.96. The molecule has 2 saturated heterocycles. The van der Waals surface area contributed by atoms with E-state index in [1.54, 1.807) is 0 Å². The Morgan fingerprint density at radius 2 is 2.44 bits per heavy atom. The second-order valence-corrected chi connectivity index (χ2v) is 6.36. The molecule has 1 aromatic rings. The molecule has 2 fully saturated rings. The fraction of sp³-hybridized carbons (Fsp3) is 0.769. The molecule has 0 radical (unpaired) electrons. The van der Waals surface area contributed by atoms with Crippen molar-refractivity contribution in [2.75, 3.05) is 18.1 Å². The summed E-state index contributed by atoms with van der Waals surface area (Å²) in [4.78, 5) is 0. The van der Waals surface area contributed by atoms with Crippen LogP contribution in [0.3, 0.4) is 0 Å². The summed E-state index contributed by atoms with van der Waals surface area (Å²) in [5.74, 6) is 2.54. The van der Waals surface area contributed by atoms with Crippen molar-refractivity contribution >= 4 is 11.8 Å². The van der Waals surface area contributed by atoms with Crippen molar-refractivity contribution in [3.63, 3.8) is 0 Å². The lowest BCUT2D eigenvalue weighted by Gasteiger charge is -2.33. The Labute approximate surface area is 112 Å². The van der Waals surface area contributed by atoms with Crippen LogP contribution >= 0.6 is 11.8 Å². The van der Waals surface area contributed by atoms with Crippen LogP contribution in [0.5, 0.6) is 0 Å². The van der Waals surface area contributed by atoms with Gasteiger partial charge in [-0.2, -0.15) is 16.9 Å². The van der Waals surface area contributed by atoms with Gasteiger partial charge in [-0.25, -0.2) is 0 Å². The van der Waals surface area contributed by atoms with Crippen LogP contribution in [0.25, 0.3) is 0 Å². The molecule has 0 saturated carbocycles. The van der Waals surface area contributed by atoms with Gasteiger partial charge in [-0.05, 0) is 25.0 Å². The van der Waals surface area contributed by atoms with Crippen LogP contribution in [-0.4, -0.2) is 40.0 Å². The van der Waals surface area contributed by atoms with Gasteiger partial charge < -0.3 is 10.1 Å². The molecule has 100 valence electrons. The number of ether oxygens (including phenoxy) is 1. The summed E-state index contributed by atoms with van der Waals surface area (Å²) < 4.78 is 7.83. The summed E-state index contributed by atoms with van der Waals surface area (Å²) in [6.07, 6.45) is 7.86. The quantitative estimate of drug-likeness (QED) is 0.905. The predicted molar refractivity (Wildman–Crippen MR) is 73.8 cm³/mol. The minimum Gasteiger partial charge on any atom is -0.372 e. The van der Waals surface area contributed by atoms with E-state index in [0.717, 1.165) is 13.0 Å². The zero-order chi connectivity index (χ0) is 12.4. The van der Waals surface area contributed by atoms with Gasteiger partial charge in [0, 0.05) is 43.3 Å². The number of aryl methyl sites for hydroxylation is 1. The summed E-state index contributed by atoms with van der Waals surface area (Å²) >= 11 is 2.05. The highest BCUT2D eigenvalue weighted by atomic mass is 32.2. The van der Waals surface area contributed by atoms with Crippen LogP contribution in [0.15, 0.2) is 12.4 Å². The Morgan fingerprint density at radius 3 is 3.17 bits per heavy atom. The van der Waals surface area contributed by atoms with Crippen LogP contribution in [-0.2, 0) is 11.8 Å². The lowest BCUT2D eigenvalue weighted by Crippen LogP contribution is -2.44. The van der Waals surface area contributed by atoms with E-state index in [4.69, 9.17) is 4.74 Å². The lowest BCUT2D eigenvalue weighted by atomic mass is 9.97. The standard InChI is InChI=1S/C13H21N3OS/c1-16-8-10(7-14-16)13-12(3-2-5-17-13)15-11-4-6-18-9-11/h7-8,11-13,15H,2-6,9H2,1H3/t11-,12+,13-/m1/s1. The van der Waals surface area contributed by atoms with E-state index in [1.165, 1.54) is 29.9 Å². The second-order valence-electron chi connectivity index (χ2n) is 5.21. The second kappa shape index (κ2) is 5.63. The predicted octanol–water partition coefficient (Wildman–Crippen LogP) is 1.74. The van der Waals surface area contributed by atoms with Crippen molar-refractivity contribution in [2.45, 2.75) is 37.5 Å². The Balaban J connectivity index is 1.69. The smallest absolute Gasteiger partial charge is 0.101 e. The Kier molecular flexibility index (Phi) is 3.91. The van der Waals surface area contributed by atoms with Gasteiger partial charge in [0.1, 0.15) is 6.10 Å². The minimum atomic E-state index is 0.179. The van der Waals surface area contributed by atoms with Crippen molar-refractivity contribution in [1.29, 1.82) is 0 Å². The molecule has 0 amide bonds. The average Bonchev–Trinajstić information content (AvgIpc) is 3.02. The summed E-state index contributed by atoms with van der Waals surface area (Å²) in [5, 5.41) is 8.06. The number of nitrogens with zero attached hydrogens (tertiary/aromatic N) is 2. The van der Waals surface area contributed by atoms with Gasteiger partial charge in [-0.1, -0.05) is 0 Å². The molecule has 3 atom stereocenters. The van der Waals surface area contributed by atoms with Crippen LogP contribution in [0.2, 0.25) is 0 Å². The molecule has 0 aromatic carbocycles. The third-order valence-corrected chi connectivity index (χ3v) is 4.92. The summed E-state index contributed by atoms with van der Waals surface area (Å²) in [6.45, 7) is 0.872. The molecule has 2 aliphatic heterocycles. The molecular formula is C13H21N3OS. The van der Waals surface area contributed by atoms with Gasteiger partial charge >= 0.3 is 0 Å². The molecule has 3 heterocycles. The van der Waals surface area contributed by atoms with E-state index < -0.39 is 0 Å². The Morgan fingerprint density at radius 1 is 1.50 bits per heavy atom. The molecule has 0 unspecified atom stereocenters. The zero-order valence-electron chi connectivity index (χ0n) is 10.8. The van der Waals surface area contributed by atoms with Gasteiger partial charge in [-0.15, -0.1) is 0 Å². The third-order valence-electron chi connectivity index (χ3n) is 3.76. The first-order valence-electron chi connectivity index (χ1n) is 6.77. The topological polar surface area (TPSA) is 39.1 Å². The molecule has 0 bridgehead atoms.